The van der Waals surface area contributed by atoms with E-state index in [2.05, 4.69) is 58.5 Å². The summed E-state index contributed by atoms with van der Waals surface area (Å²) in [5.74, 6) is 1.21. The number of guanidine groups is 1. The van der Waals surface area contributed by atoms with E-state index in [-0.39, 0.29) is 29.9 Å². The van der Waals surface area contributed by atoms with E-state index >= 15 is 0 Å². The molecule has 7 nitrogen and oxygen atoms in total. The van der Waals surface area contributed by atoms with Gasteiger partial charge in [-0.2, -0.15) is 0 Å². The van der Waals surface area contributed by atoms with Crippen molar-refractivity contribution in [2.24, 2.45) is 4.99 Å². The smallest absolute Gasteiger partial charge is 0.289 e. The number of aliphatic imine (C=N–C) groups is 1. The molecule has 29 heavy (non-hydrogen) atoms. The van der Waals surface area contributed by atoms with Crippen LogP contribution in [-0.4, -0.2) is 73.9 Å². The highest BCUT2D eigenvalue weighted by Gasteiger charge is 2.25. The lowest BCUT2D eigenvalue weighted by molar-refractivity contribution is 0.0657. The predicted molar refractivity (Wildman–Crippen MR) is 126 cm³/mol. The molecular weight excluding hydrogens is 481 g/mol. The second-order valence-electron chi connectivity index (χ2n) is 7.22. The van der Waals surface area contributed by atoms with Gasteiger partial charge in [-0.15, -0.1) is 24.0 Å². The van der Waals surface area contributed by atoms with Gasteiger partial charge in [0.05, 0.1) is 6.26 Å². The number of furan rings is 1. The zero-order valence-corrected chi connectivity index (χ0v) is 19.6. The third-order valence-corrected chi connectivity index (χ3v) is 4.75. The first-order valence-electron chi connectivity index (χ1n) is 9.57. The molecule has 2 aromatic rings. The molecule has 1 fully saturated rings. The number of benzene rings is 1. The fourth-order valence-corrected chi connectivity index (χ4v) is 3.39. The Morgan fingerprint density at radius 2 is 1.79 bits per heavy atom. The van der Waals surface area contributed by atoms with Crippen LogP contribution < -0.4 is 5.32 Å². The van der Waals surface area contributed by atoms with E-state index < -0.39 is 0 Å². The summed E-state index contributed by atoms with van der Waals surface area (Å²) in [6.07, 6.45) is 1.53. The Balaban J connectivity index is 0.00000300. The number of carbonyl (C=O) groups is 1. The summed E-state index contributed by atoms with van der Waals surface area (Å²) in [7, 11) is 5.94. The molecule has 1 aromatic carbocycles. The van der Waals surface area contributed by atoms with Gasteiger partial charge >= 0.3 is 0 Å². The maximum atomic E-state index is 12.4. The molecule has 1 aliphatic rings. The summed E-state index contributed by atoms with van der Waals surface area (Å²) in [5, 5.41) is 3.45. The first-order valence-corrected chi connectivity index (χ1v) is 9.57. The third-order valence-electron chi connectivity index (χ3n) is 4.75. The van der Waals surface area contributed by atoms with Crippen molar-refractivity contribution in [1.29, 1.82) is 0 Å². The van der Waals surface area contributed by atoms with Crippen LogP contribution in [0.25, 0.3) is 0 Å². The van der Waals surface area contributed by atoms with Gasteiger partial charge < -0.3 is 24.4 Å². The average molecular weight is 511 g/mol. The number of halogens is 1. The summed E-state index contributed by atoms with van der Waals surface area (Å²) in [6.45, 7) is 4.43. The zero-order valence-electron chi connectivity index (χ0n) is 17.3. The molecule has 8 heteroatoms. The molecule has 0 saturated carbocycles. The molecule has 0 atom stereocenters. The average Bonchev–Trinajstić information content (AvgIpc) is 3.23. The SMILES string of the molecule is CN=C(NCc1cccc(CN(C)C)c1)N1CCN(C(=O)c2ccco2)CC1.I. The van der Waals surface area contributed by atoms with Crippen LogP contribution in [0.15, 0.2) is 52.1 Å². The van der Waals surface area contributed by atoms with E-state index in [0.717, 1.165) is 32.1 Å². The van der Waals surface area contributed by atoms with Crippen molar-refractivity contribution >= 4 is 35.8 Å². The van der Waals surface area contributed by atoms with Gasteiger partial charge in [0, 0.05) is 46.3 Å². The van der Waals surface area contributed by atoms with E-state index in [0.29, 0.717) is 18.8 Å². The van der Waals surface area contributed by atoms with Gasteiger partial charge in [-0.25, -0.2) is 0 Å². The molecule has 1 saturated heterocycles. The number of piperazine rings is 1. The van der Waals surface area contributed by atoms with Crippen LogP contribution in [0.2, 0.25) is 0 Å². The molecule has 0 unspecified atom stereocenters. The Morgan fingerprint density at radius 3 is 2.41 bits per heavy atom. The number of nitrogens with zero attached hydrogens (tertiary/aromatic N) is 4. The molecule has 158 valence electrons. The predicted octanol–water partition coefficient (Wildman–Crippen LogP) is 2.49. The van der Waals surface area contributed by atoms with Crippen LogP contribution in [0.5, 0.6) is 0 Å². The Hall–Kier alpha value is -2.07. The second kappa shape index (κ2) is 11.2. The molecular formula is C21H30IN5O2. The second-order valence-corrected chi connectivity index (χ2v) is 7.22. The summed E-state index contributed by atoms with van der Waals surface area (Å²) in [4.78, 5) is 23.0. The number of carbonyl (C=O) groups excluding carboxylic acids is 1. The first kappa shape index (κ1) is 23.2. The summed E-state index contributed by atoms with van der Waals surface area (Å²) >= 11 is 0. The van der Waals surface area contributed by atoms with Crippen LogP contribution in [0, 0.1) is 0 Å². The molecule has 0 radical (unpaired) electrons. The molecule has 1 aromatic heterocycles. The van der Waals surface area contributed by atoms with Gasteiger partial charge in [0.15, 0.2) is 11.7 Å². The van der Waals surface area contributed by atoms with E-state index in [1.165, 1.54) is 17.4 Å². The Morgan fingerprint density at radius 1 is 1.10 bits per heavy atom. The number of hydrogen-bond donors (Lipinski definition) is 1. The molecule has 0 aliphatic carbocycles. The van der Waals surface area contributed by atoms with Crippen molar-refractivity contribution in [2.75, 3.05) is 47.3 Å². The Labute approximate surface area is 189 Å². The van der Waals surface area contributed by atoms with Crippen molar-refractivity contribution in [3.63, 3.8) is 0 Å². The summed E-state index contributed by atoms with van der Waals surface area (Å²) < 4.78 is 5.22. The minimum absolute atomic E-state index is 0. The van der Waals surface area contributed by atoms with Crippen molar-refractivity contribution in [3.8, 4) is 0 Å². The number of hydrogen-bond acceptors (Lipinski definition) is 4. The minimum Gasteiger partial charge on any atom is -0.459 e. The molecule has 3 rings (SSSR count). The van der Waals surface area contributed by atoms with Gasteiger partial charge in [0.25, 0.3) is 5.91 Å². The van der Waals surface area contributed by atoms with Crippen LogP contribution in [0.1, 0.15) is 21.7 Å². The van der Waals surface area contributed by atoms with Crippen molar-refractivity contribution in [1.82, 2.24) is 20.0 Å². The summed E-state index contributed by atoms with van der Waals surface area (Å²) in [6, 6.07) is 12.0. The van der Waals surface area contributed by atoms with Crippen LogP contribution in [-0.2, 0) is 13.1 Å². The lowest BCUT2D eigenvalue weighted by Crippen LogP contribution is -2.53. The zero-order chi connectivity index (χ0) is 19.9. The van der Waals surface area contributed by atoms with Gasteiger partial charge in [0.2, 0.25) is 0 Å². The number of nitrogens with one attached hydrogen (secondary N) is 1. The lowest BCUT2D eigenvalue weighted by atomic mass is 10.1. The molecule has 1 amide bonds. The van der Waals surface area contributed by atoms with E-state index in [1.54, 1.807) is 19.2 Å². The van der Waals surface area contributed by atoms with Gasteiger partial charge in [-0.05, 0) is 37.4 Å². The number of rotatable bonds is 5. The molecule has 0 spiro atoms. The maximum absolute atomic E-state index is 12.4. The fourth-order valence-electron chi connectivity index (χ4n) is 3.39. The maximum Gasteiger partial charge on any atom is 0.289 e. The van der Waals surface area contributed by atoms with Crippen molar-refractivity contribution in [2.45, 2.75) is 13.1 Å². The number of amides is 1. The standard InChI is InChI=1S/C21H29N5O2.HI/c1-22-21(23-15-17-6-4-7-18(14-17)16-24(2)3)26-11-9-25(10-12-26)20(27)19-8-5-13-28-19;/h4-8,13-14H,9-12,15-16H2,1-3H3,(H,22,23);1H. The molecule has 1 aliphatic heterocycles. The Kier molecular flexibility index (Phi) is 8.97. The van der Waals surface area contributed by atoms with Gasteiger partial charge in [0.1, 0.15) is 0 Å². The van der Waals surface area contributed by atoms with E-state index in [9.17, 15) is 4.79 Å². The largest absolute Gasteiger partial charge is 0.459 e. The highest BCUT2D eigenvalue weighted by molar-refractivity contribution is 14.0. The van der Waals surface area contributed by atoms with Gasteiger partial charge in [-0.1, -0.05) is 24.3 Å². The molecule has 0 bridgehead atoms. The van der Waals surface area contributed by atoms with Gasteiger partial charge in [-0.3, -0.25) is 9.79 Å². The Bertz CT molecular complexity index is 799. The lowest BCUT2D eigenvalue weighted by Gasteiger charge is -2.36. The summed E-state index contributed by atoms with van der Waals surface area (Å²) in [5.41, 5.74) is 2.52. The fraction of sp³-hybridized carbons (Fsp3) is 0.429. The first-order chi connectivity index (χ1) is 13.6. The minimum atomic E-state index is -0.0506. The molecule has 1 N–H and O–H groups in total. The quantitative estimate of drug-likeness (QED) is 0.380. The normalized spacial score (nSPS) is 14.7. The molecule has 2 heterocycles. The van der Waals surface area contributed by atoms with Crippen molar-refractivity contribution < 1.29 is 9.21 Å². The van der Waals surface area contributed by atoms with Crippen LogP contribution in [0.3, 0.4) is 0 Å². The van der Waals surface area contributed by atoms with E-state index in [4.69, 9.17) is 4.42 Å². The topological polar surface area (TPSA) is 64.3 Å². The third kappa shape index (κ3) is 6.46. The highest BCUT2D eigenvalue weighted by Crippen LogP contribution is 2.10. The highest BCUT2D eigenvalue weighted by atomic mass is 127. The van der Waals surface area contributed by atoms with Crippen molar-refractivity contribution in [3.05, 3.63) is 59.5 Å². The van der Waals surface area contributed by atoms with Crippen LogP contribution in [0.4, 0.5) is 0 Å². The monoisotopic (exact) mass is 511 g/mol. The van der Waals surface area contributed by atoms with E-state index in [1.807, 2.05) is 4.90 Å². The van der Waals surface area contributed by atoms with Crippen LogP contribution >= 0.6 is 24.0 Å².